The van der Waals surface area contributed by atoms with Crippen LogP contribution in [-0.4, -0.2) is 17.7 Å². The summed E-state index contributed by atoms with van der Waals surface area (Å²) in [6.07, 6.45) is -0.133. The fraction of sp³-hybridized carbons (Fsp3) is 0.462. The van der Waals surface area contributed by atoms with Crippen molar-refractivity contribution in [2.45, 2.75) is 39.4 Å². The number of esters is 1. The summed E-state index contributed by atoms with van der Waals surface area (Å²) in [7, 11) is 0. The van der Waals surface area contributed by atoms with Gasteiger partial charge in [0.05, 0.1) is 6.10 Å². The smallest absolute Gasteiger partial charge is 0.350 e. The van der Waals surface area contributed by atoms with Crippen LogP contribution in [0.3, 0.4) is 0 Å². The number of para-hydroxylation sites is 1. The first-order valence-corrected chi connectivity index (χ1v) is 5.37. The van der Waals surface area contributed by atoms with E-state index in [1.54, 1.807) is 13.8 Å². The first kappa shape index (κ1) is 12.6. The first-order valence-electron chi connectivity index (χ1n) is 5.37. The van der Waals surface area contributed by atoms with Crippen LogP contribution in [0.1, 0.15) is 27.7 Å². The molecule has 0 aliphatic rings. The SMILES string of the molecule is CC(C)OC(=O)C(C)(C)Oc1ccccc1. The van der Waals surface area contributed by atoms with E-state index in [2.05, 4.69) is 0 Å². The molecule has 0 bridgehead atoms. The van der Waals surface area contributed by atoms with Crippen LogP contribution < -0.4 is 4.74 Å². The van der Waals surface area contributed by atoms with Gasteiger partial charge in [-0.2, -0.15) is 0 Å². The van der Waals surface area contributed by atoms with E-state index in [0.717, 1.165) is 0 Å². The van der Waals surface area contributed by atoms with Crippen molar-refractivity contribution in [3.8, 4) is 5.75 Å². The molecule has 0 aliphatic carbocycles. The maximum absolute atomic E-state index is 11.7. The maximum atomic E-state index is 11.7. The van der Waals surface area contributed by atoms with Crippen LogP contribution >= 0.6 is 0 Å². The van der Waals surface area contributed by atoms with Gasteiger partial charge in [-0.15, -0.1) is 0 Å². The molecule has 0 saturated heterocycles. The third kappa shape index (κ3) is 3.57. The van der Waals surface area contributed by atoms with Crippen molar-refractivity contribution in [2.24, 2.45) is 0 Å². The lowest BCUT2D eigenvalue weighted by atomic mass is 10.1. The van der Waals surface area contributed by atoms with E-state index in [-0.39, 0.29) is 12.1 Å². The molecule has 0 atom stereocenters. The van der Waals surface area contributed by atoms with Crippen molar-refractivity contribution in [3.63, 3.8) is 0 Å². The van der Waals surface area contributed by atoms with Crippen molar-refractivity contribution in [2.75, 3.05) is 0 Å². The Balaban J connectivity index is 2.68. The highest BCUT2D eigenvalue weighted by molar-refractivity contribution is 5.79. The van der Waals surface area contributed by atoms with Crippen LogP contribution in [0.5, 0.6) is 5.75 Å². The van der Waals surface area contributed by atoms with E-state index >= 15 is 0 Å². The zero-order valence-corrected chi connectivity index (χ0v) is 10.2. The second-order valence-electron chi connectivity index (χ2n) is 4.38. The number of hydrogen-bond acceptors (Lipinski definition) is 3. The van der Waals surface area contributed by atoms with Crippen LogP contribution in [0.15, 0.2) is 30.3 Å². The van der Waals surface area contributed by atoms with Crippen LogP contribution in [0.25, 0.3) is 0 Å². The molecule has 1 aromatic rings. The van der Waals surface area contributed by atoms with Crippen LogP contribution in [0.4, 0.5) is 0 Å². The molecule has 0 radical (unpaired) electrons. The van der Waals surface area contributed by atoms with Gasteiger partial charge < -0.3 is 9.47 Å². The van der Waals surface area contributed by atoms with Crippen molar-refractivity contribution < 1.29 is 14.3 Å². The van der Waals surface area contributed by atoms with Gasteiger partial charge in [0, 0.05) is 0 Å². The third-order valence-electron chi connectivity index (χ3n) is 1.95. The van der Waals surface area contributed by atoms with Gasteiger partial charge in [-0.3, -0.25) is 0 Å². The molecule has 0 aromatic heterocycles. The van der Waals surface area contributed by atoms with Gasteiger partial charge in [-0.25, -0.2) is 4.79 Å². The van der Waals surface area contributed by atoms with Gasteiger partial charge in [0.2, 0.25) is 0 Å². The van der Waals surface area contributed by atoms with Crippen LogP contribution in [0.2, 0.25) is 0 Å². The molecule has 1 aromatic carbocycles. The highest BCUT2D eigenvalue weighted by Gasteiger charge is 2.32. The molecule has 16 heavy (non-hydrogen) atoms. The second kappa shape index (κ2) is 5.01. The van der Waals surface area contributed by atoms with Gasteiger partial charge in [0.15, 0.2) is 5.60 Å². The van der Waals surface area contributed by atoms with Crippen molar-refractivity contribution in [1.82, 2.24) is 0 Å². The van der Waals surface area contributed by atoms with E-state index in [1.165, 1.54) is 0 Å². The molecular formula is C13H18O3. The summed E-state index contributed by atoms with van der Waals surface area (Å²) in [5.74, 6) is 0.305. The van der Waals surface area contributed by atoms with E-state index in [1.807, 2.05) is 44.2 Å². The summed E-state index contributed by atoms with van der Waals surface area (Å²) >= 11 is 0. The Kier molecular flexibility index (Phi) is 3.93. The highest BCUT2D eigenvalue weighted by Crippen LogP contribution is 2.19. The van der Waals surface area contributed by atoms with Crippen LogP contribution in [0, 0.1) is 0 Å². The van der Waals surface area contributed by atoms with E-state index in [4.69, 9.17) is 9.47 Å². The highest BCUT2D eigenvalue weighted by atomic mass is 16.6. The minimum atomic E-state index is -0.967. The quantitative estimate of drug-likeness (QED) is 0.735. The van der Waals surface area contributed by atoms with Crippen LogP contribution in [-0.2, 0) is 9.53 Å². The predicted molar refractivity (Wildman–Crippen MR) is 62.4 cm³/mol. The number of carbonyl (C=O) groups excluding carboxylic acids is 1. The number of rotatable bonds is 4. The largest absolute Gasteiger partial charge is 0.476 e. The average Bonchev–Trinajstić information content (AvgIpc) is 2.17. The number of benzene rings is 1. The summed E-state index contributed by atoms with van der Waals surface area (Å²) in [6.45, 7) is 7.03. The lowest BCUT2D eigenvalue weighted by Crippen LogP contribution is -2.40. The summed E-state index contributed by atoms with van der Waals surface area (Å²) in [5, 5.41) is 0. The minimum absolute atomic E-state index is 0.133. The van der Waals surface area contributed by atoms with Gasteiger partial charge in [0.1, 0.15) is 5.75 Å². The topological polar surface area (TPSA) is 35.5 Å². The van der Waals surface area contributed by atoms with E-state index in [9.17, 15) is 4.79 Å². The Hall–Kier alpha value is -1.51. The molecule has 0 spiro atoms. The van der Waals surface area contributed by atoms with Crippen molar-refractivity contribution >= 4 is 5.97 Å². The number of ether oxygens (including phenoxy) is 2. The molecule has 88 valence electrons. The average molecular weight is 222 g/mol. The predicted octanol–water partition coefficient (Wildman–Crippen LogP) is 2.80. The zero-order chi connectivity index (χ0) is 12.2. The lowest BCUT2D eigenvalue weighted by Gasteiger charge is -2.25. The molecule has 0 heterocycles. The number of hydrogen-bond donors (Lipinski definition) is 0. The summed E-state index contributed by atoms with van der Waals surface area (Å²) in [5.41, 5.74) is -0.967. The molecule has 0 fully saturated rings. The number of carbonyl (C=O) groups is 1. The fourth-order valence-corrected chi connectivity index (χ4v) is 1.18. The van der Waals surface area contributed by atoms with E-state index in [0.29, 0.717) is 5.75 Å². The molecule has 0 unspecified atom stereocenters. The Bertz CT molecular complexity index is 341. The van der Waals surface area contributed by atoms with Crippen molar-refractivity contribution in [1.29, 1.82) is 0 Å². The minimum Gasteiger partial charge on any atom is -0.476 e. The standard InChI is InChI=1S/C13H18O3/c1-10(2)15-12(14)13(3,4)16-11-8-6-5-7-9-11/h5-10H,1-4H3. The molecule has 3 heteroatoms. The summed E-state index contributed by atoms with van der Waals surface area (Å²) in [6, 6.07) is 9.24. The lowest BCUT2D eigenvalue weighted by molar-refractivity contribution is -0.163. The third-order valence-corrected chi connectivity index (χ3v) is 1.95. The van der Waals surface area contributed by atoms with Gasteiger partial charge in [0.25, 0.3) is 0 Å². The Labute approximate surface area is 96.4 Å². The van der Waals surface area contributed by atoms with Gasteiger partial charge in [-0.1, -0.05) is 18.2 Å². The Morgan fingerprint density at radius 3 is 2.25 bits per heavy atom. The monoisotopic (exact) mass is 222 g/mol. The zero-order valence-electron chi connectivity index (χ0n) is 10.2. The molecule has 0 amide bonds. The molecular weight excluding hydrogens is 204 g/mol. The molecule has 0 aliphatic heterocycles. The normalized spacial score (nSPS) is 11.3. The molecule has 3 nitrogen and oxygen atoms in total. The summed E-state index contributed by atoms with van der Waals surface area (Å²) < 4.78 is 10.7. The van der Waals surface area contributed by atoms with Gasteiger partial charge >= 0.3 is 5.97 Å². The molecule has 1 rings (SSSR count). The van der Waals surface area contributed by atoms with E-state index < -0.39 is 5.60 Å². The summed E-state index contributed by atoms with van der Waals surface area (Å²) in [4.78, 5) is 11.7. The van der Waals surface area contributed by atoms with Crippen molar-refractivity contribution in [3.05, 3.63) is 30.3 Å². The first-order chi connectivity index (χ1) is 7.42. The second-order valence-corrected chi connectivity index (χ2v) is 4.38. The Morgan fingerprint density at radius 2 is 1.75 bits per heavy atom. The van der Waals surface area contributed by atoms with Gasteiger partial charge in [-0.05, 0) is 39.8 Å². The molecule has 0 N–H and O–H groups in total. The molecule has 0 saturated carbocycles. The Morgan fingerprint density at radius 1 is 1.19 bits per heavy atom. The maximum Gasteiger partial charge on any atom is 0.350 e. The fourth-order valence-electron chi connectivity index (χ4n) is 1.18.